The Morgan fingerprint density at radius 1 is 1.19 bits per heavy atom. The summed E-state index contributed by atoms with van der Waals surface area (Å²) in [5, 5.41) is 19.3. The largest absolute Gasteiger partial charge is 0.444 e. The minimum atomic E-state index is -4.19. The van der Waals surface area contributed by atoms with Crippen LogP contribution in [0.15, 0.2) is 69.6 Å². The number of sulfonamides is 1. The standard InChI is InChI=1S/C31H36N6O8S2/c1-19(2)15-37(16-26(38)25(12-20-6-4-3-5-7-20)35-31(41)44-17-21-14-32-18-46-21)47(42,43)22-8-9-23-27(13-22)45-30(34-23)36-29(40)24-10-11-28(39)33-24/h3-9,13-14,18-19,24-26,38H,10-12,15-17H2,1-2H3,(H,33,39)(H,35,41)(H,34,36,40). The van der Waals surface area contributed by atoms with Crippen LogP contribution in [0.1, 0.15) is 37.1 Å². The van der Waals surface area contributed by atoms with Gasteiger partial charge in [-0.2, -0.15) is 9.29 Å². The molecule has 3 amide bonds. The number of amides is 3. The molecule has 14 nitrogen and oxygen atoms in total. The third-order valence-corrected chi connectivity index (χ3v) is 9.97. The Labute approximate surface area is 275 Å². The van der Waals surface area contributed by atoms with Crippen LogP contribution in [0.3, 0.4) is 0 Å². The van der Waals surface area contributed by atoms with Crippen molar-refractivity contribution in [2.45, 2.75) is 62.8 Å². The van der Waals surface area contributed by atoms with E-state index in [2.05, 4.69) is 25.9 Å². The zero-order valence-electron chi connectivity index (χ0n) is 25.8. The van der Waals surface area contributed by atoms with Crippen molar-refractivity contribution in [2.24, 2.45) is 5.92 Å². The number of aliphatic hydroxyl groups excluding tert-OH is 1. The number of carbonyl (C=O) groups excluding carboxylic acids is 3. The van der Waals surface area contributed by atoms with E-state index in [-0.39, 0.29) is 60.9 Å². The van der Waals surface area contributed by atoms with E-state index < -0.39 is 40.2 Å². The van der Waals surface area contributed by atoms with Gasteiger partial charge in [0.2, 0.25) is 15.9 Å². The SMILES string of the molecule is CC(C)CN(CC(O)C(Cc1ccccc1)NC(=O)OCc1cncs1)S(=O)(=O)c1ccc2nc(NC(=O)C3CCC(=O)N3)oc2c1. The molecule has 3 heterocycles. The molecule has 16 heteroatoms. The zero-order valence-corrected chi connectivity index (χ0v) is 27.4. The molecule has 1 aliphatic rings. The maximum atomic E-state index is 14.0. The molecule has 3 atom stereocenters. The topological polar surface area (TPSA) is 193 Å². The molecule has 1 aliphatic heterocycles. The Morgan fingerprint density at radius 2 is 1.98 bits per heavy atom. The molecule has 5 rings (SSSR count). The minimum Gasteiger partial charge on any atom is -0.444 e. The molecule has 1 saturated heterocycles. The van der Waals surface area contributed by atoms with Crippen molar-refractivity contribution < 1.29 is 37.1 Å². The van der Waals surface area contributed by atoms with E-state index in [9.17, 15) is 27.9 Å². The molecular formula is C31H36N6O8S2. The van der Waals surface area contributed by atoms with Crippen molar-refractivity contribution in [3.63, 3.8) is 0 Å². The fourth-order valence-electron chi connectivity index (χ4n) is 5.08. The summed E-state index contributed by atoms with van der Waals surface area (Å²) in [6, 6.07) is 11.6. The Kier molecular flexibility index (Phi) is 10.9. The van der Waals surface area contributed by atoms with Crippen molar-refractivity contribution in [3.05, 3.63) is 70.7 Å². The van der Waals surface area contributed by atoms with Gasteiger partial charge in [0.1, 0.15) is 18.2 Å². The number of nitrogens with one attached hydrogen (secondary N) is 3. The van der Waals surface area contributed by atoms with Gasteiger partial charge in [0.15, 0.2) is 5.58 Å². The van der Waals surface area contributed by atoms with Crippen LogP contribution >= 0.6 is 11.3 Å². The van der Waals surface area contributed by atoms with Crippen molar-refractivity contribution in [2.75, 3.05) is 18.4 Å². The number of alkyl carbamates (subject to hydrolysis) is 1. The number of ether oxygens (including phenoxy) is 1. The Morgan fingerprint density at radius 3 is 2.66 bits per heavy atom. The molecular weight excluding hydrogens is 649 g/mol. The van der Waals surface area contributed by atoms with Crippen LogP contribution < -0.4 is 16.0 Å². The summed E-state index contributed by atoms with van der Waals surface area (Å²) >= 11 is 1.34. The van der Waals surface area contributed by atoms with E-state index in [0.717, 1.165) is 10.4 Å². The fraction of sp³-hybridized carbons (Fsp3) is 0.387. The van der Waals surface area contributed by atoms with E-state index in [0.29, 0.717) is 11.9 Å². The molecule has 4 aromatic rings. The number of fused-ring (bicyclic) bond motifs is 1. The molecule has 0 spiro atoms. The smallest absolute Gasteiger partial charge is 0.407 e. The molecule has 1 fully saturated rings. The molecule has 3 unspecified atom stereocenters. The summed E-state index contributed by atoms with van der Waals surface area (Å²) in [6.45, 7) is 3.47. The van der Waals surface area contributed by atoms with Gasteiger partial charge in [-0.05, 0) is 36.5 Å². The highest BCUT2D eigenvalue weighted by Crippen LogP contribution is 2.26. The van der Waals surface area contributed by atoms with Crippen molar-refractivity contribution >= 4 is 56.4 Å². The van der Waals surface area contributed by atoms with Crippen molar-refractivity contribution in [1.29, 1.82) is 0 Å². The molecule has 4 N–H and O–H groups in total. The molecule has 0 bridgehead atoms. The van der Waals surface area contributed by atoms with Crippen LogP contribution in [0.2, 0.25) is 0 Å². The highest BCUT2D eigenvalue weighted by atomic mass is 32.2. The van der Waals surface area contributed by atoms with Gasteiger partial charge >= 0.3 is 12.1 Å². The van der Waals surface area contributed by atoms with Gasteiger partial charge in [-0.25, -0.2) is 13.2 Å². The number of aromatic nitrogens is 2. The Hall–Kier alpha value is -4.38. The average molecular weight is 685 g/mol. The van der Waals surface area contributed by atoms with E-state index in [1.165, 1.54) is 33.8 Å². The van der Waals surface area contributed by atoms with Crippen LogP contribution in [0.4, 0.5) is 10.8 Å². The molecule has 0 aliphatic carbocycles. The number of aliphatic hydroxyl groups is 1. The second kappa shape index (κ2) is 15.0. The predicted molar refractivity (Wildman–Crippen MR) is 173 cm³/mol. The number of thiazole rings is 1. The zero-order chi connectivity index (χ0) is 33.6. The summed E-state index contributed by atoms with van der Waals surface area (Å²) in [5.74, 6) is -0.810. The van der Waals surface area contributed by atoms with Crippen LogP contribution in [-0.4, -0.2) is 77.0 Å². The van der Waals surface area contributed by atoms with Gasteiger partial charge < -0.3 is 24.9 Å². The summed E-state index contributed by atoms with van der Waals surface area (Å²) in [4.78, 5) is 45.5. The van der Waals surface area contributed by atoms with Gasteiger partial charge in [-0.15, -0.1) is 11.3 Å². The monoisotopic (exact) mass is 684 g/mol. The van der Waals surface area contributed by atoms with Crippen LogP contribution in [0.25, 0.3) is 11.1 Å². The summed E-state index contributed by atoms with van der Waals surface area (Å²) in [7, 11) is -4.19. The Bertz CT molecular complexity index is 1800. The third-order valence-electron chi connectivity index (χ3n) is 7.39. The first kappa shape index (κ1) is 34.0. The Balaban J connectivity index is 1.33. The third kappa shape index (κ3) is 8.91. The number of hydrogen-bond donors (Lipinski definition) is 4. The highest BCUT2D eigenvalue weighted by Gasteiger charge is 2.33. The maximum absolute atomic E-state index is 14.0. The fourth-order valence-corrected chi connectivity index (χ4v) is 7.22. The quantitative estimate of drug-likeness (QED) is 0.153. The minimum absolute atomic E-state index is 0.00512. The van der Waals surface area contributed by atoms with E-state index in [4.69, 9.17) is 9.15 Å². The van der Waals surface area contributed by atoms with Crippen molar-refractivity contribution in [3.8, 4) is 0 Å². The molecule has 47 heavy (non-hydrogen) atoms. The number of nitrogens with zero attached hydrogens (tertiary/aromatic N) is 3. The molecule has 0 saturated carbocycles. The van der Waals surface area contributed by atoms with Crippen LogP contribution in [0, 0.1) is 5.92 Å². The number of rotatable bonds is 14. The first-order chi connectivity index (χ1) is 22.5. The lowest BCUT2D eigenvalue weighted by molar-refractivity contribution is -0.122. The summed E-state index contributed by atoms with van der Waals surface area (Å²) in [6.07, 6.45) is 0.330. The van der Waals surface area contributed by atoms with Crippen molar-refractivity contribution in [1.82, 2.24) is 24.9 Å². The van der Waals surface area contributed by atoms with Gasteiger partial charge in [0.05, 0.1) is 27.4 Å². The lowest BCUT2D eigenvalue weighted by Crippen LogP contribution is -2.51. The maximum Gasteiger partial charge on any atom is 0.407 e. The number of benzene rings is 2. The predicted octanol–water partition coefficient (Wildman–Crippen LogP) is 3.05. The lowest BCUT2D eigenvalue weighted by atomic mass is 10.0. The number of carbonyl (C=O) groups is 3. The lowest BCUT2D eigenvalue weighted by Gasteiger charge is -2.30. The summed E-state index contributed by atoms with van der Waals surface area (Å²) < 4.78 is 40.1. The number of anilines is 1. The summed E-state index contributed by atoms with van der Waals surface area (Å²) in [5.41, 5.74) is 2.88. The first-order valence-electron chi connectivity index (χ1n) is 15.0. The molecule has 2 aromatic carbocycles. The van der Waals surface area contributed by atoms with E-state index in [1.54, 1.807) is 11.7 Å². The van der Waals surface area contributed by atoms with Gasteiger partial charge in [-0.3, -0.25) is 19.9 Å². The number of oxazole rings is 1. The van der Waals surface area contributed by atoms with Gasteiger partial charge in [-0.1, -0.05) is 44.2 Å². The number of hydrogen-bond acceptors (Lipinski definition) is 11. The first-order valence-corrected chi connectivity index (χ1v) is 17.3. The van der Waals surface area contributed by atoms with E-state index in [1.807, 2.05) is 44.2 Å². The molecule has 250 valence electrons. The average Bonchev–Trinajstić information content (AvgIpc) is 3.80. The highest BCUT2D eigenvalue weighted by molar-refractivity contribution is 7.89. The molecule has 0 radical (unpaired) electrons. The van der Waals surface area contributed by atoms with Crippen LogP contribution in [0.5, 0.6) is 0 Å². The van der Waals surface area contributed by atoms with Gasteiger partial charge in [0.25, 0.3) is 5.91 Å². The van der Waals surface area contributed by atoms with Crippen LogP contribution in [-0.2, 0) is 37.4 Å². The second-order valence-electron chi connectivity index (χ2n) is 11.6. The van der Waals surface area contributed by atoms with Gasteiger partial charge in [0, 0.05) is 31.8 Å². The normalized spacial score (nSPS) is 16.3. The molecule has 2 aromatic heterocycles. The second-order valence-corrected chi connectivity index (χ2v) is 14.5. The van der Waals surface area contributed by atoms with E-state index >= 15 is 0 Å².